The Kier molecular flexibility index (Phi) is 9.17. The van der Waals surface area contributed by atoms with E-state index >= 15 is 0 Å². The Labute approximate surface area is 231 Å². The van der Waals surface area contributed by atoms with Gasteiger partial charge in [0.05, 0.1) is 11.1 Å². The van der Waals surface area contributed by atoms with Gasteiger partial charge in [-0.15, -0.1) is 0 Å². The van der Waals surface area contributed by atoms with Crippen molar-refractivity contribution in [2.45, 2.75) is 63.1 Å². The van der Waals surface area contributed by atoms with E-state index in [0.29, 0.717) is 25.9 Å². The molecule has 1 fully saturated rings. The lowest BCUT2D eigenvalue weighted by Crippen LogP contribution is -2.67. The lowest BCUT2D eigenvalue weighted by Gasteiger charge is -2.57. The van der Waals surface area contributed by atoms with E-state index in [1.165, 1.54) is 24.3 Å². The van der Waals surface area contributed by atoms with Gasteiger partial charge < -0.3 is 10.2 Å². The van der Waals surface area contributed by atoms with Gasteiger partial charge in [0.25, 0.3) is 0 Å². The number of halogens is 6. The molecular formula is C30H33ClF5N3. The number of aromatic nitrogens is 1. The Bertz CT molecular complexity index is 1180. The Morgan fingerprint density at radius 3 is 1.85 bits per heavy atom. The zero-order valence-corrected chi connectivity index (χ0v) is 22.8. The normalized spacial score (nSPS) is 19.6. The summed E-state index contributed by atoms with van der Waals surface area (Å²) in [7, 11) is 0. The van der Waals surface area contributed by atoms with Gasteiger partial charge in [-0.25, -0.2) is 13.8 Å². The van der Waals surface area contributed by atoms with Gasteiger partial charge in [0, 0.05) is 31.5 Å². The quantitative estimate of drug-likeness (QED) is 0.209. The van der Waals surface area contributed by atoms with Gasteiger partial charge in [-0.3, -0.25) is 0 Å². The minimum Gasteiger partial charge on any atom is -0.347 e. The van der Waals surface area contributed by atoms with E-state index in [1.54, 1.807) is 29.2 Å². The van der Waals surface area contributed by atoms with Crippen molar-refractivity contribution >= 4 is 17.4 Å². The molecule has 1 N–H and O–H groups in total. The molecule has 210 valence electrons. The standard InChI is InChI=1S/C30H33ClF5N3/c1-3-5-24(20-7-11-22(32)12-8-20)29(25(6-4-2)21-9-13-23(33)14-10-21)19-37-17-18-39(29)28-26(30(34,35)36)15-16-27(31)38-28/h7-16,24-25,37H,3-6,17-19H2,1-2H3. The topological polar surface area (TPSA) is 28.2 Å². The van der Waals surface area contributed by atoms with Crippen molar-refractivity contribution in [3.8, 4) is 0 Å². The molecule has 0 bridgehead atoms. The molecule has 9 heteroatoms. The van der Waals surface area contributed by atoms with Gasteiger partial charge in [0.15, 0.2) is 0 Å². The molecule has 1 aliphatic rings. The molecule has 1 aliphatic heterocycles. The summed E-state index contributed by atoms with van der Waals surface area (Å²) in [5.41, 5.74) is -0.171. The molecule has 0 radical (unpaired) electrons. The van der Waals surface area contributed by atoms with Crippen molar-refractivity contribution in [1.82, 2.24) is 10.3 Å². The minimum atomic E-state index is -4.66. The Balaban J connectivity index is 2.06. The SMILES string of the molecule is CCCC(c1ccc(F)cc1)C1(C(CCC)c2ccc(F)cc2)CNCCN1c1nc(Cl)ccc1C(F)(F)F. The molecule has 3 nitrogen and oxygen atoms in total. The second-order valence-corrected chi connectivity index (χ2v) is 10.5. The highest BCUT2D eigenvalue weighted by Gasteiger charge is 2.53. The van der Waals surface area contributed by atoms with E-state index < -0.39 is 17.3 Å². The maximum absolute atomic E-state index is 14.4. The van der Waals surface area contributed by atoms with Gasteiger partial charge >= 0.3 is 6.18 Å². The average molecular weight is 566 g/mol. The first-order chi connectivity index (χ1) is 18.6. The van der Waals surface area contributed by atoms with Crippen LogP contribution in [0.1, 0.15) is 68.1 Å². The number of alkyl halides is 3. The summed E-state index contributed by atoms with van der Waals surface area (Å²) in [5.74, 6) is -1.61. The number of rotatable bonds is 9. The van der Waals surface area contributed by atoms with Crippen LogP contribution in [-0.2, 0) is 6.18 Å². The van der Waals surface area contributed by atoms with Crippen molar-refractivity contribution in [2.75, 3.05) is 24.5 Å². The molecule has 2 aromatic carbocycles. The van der Waals surface area contributed by atoms with Gasteiger partial charge in [-0.05, 0) is 60.4 Å². The number of nitrogens with zero attached hydrogens (tertiary/aromatic N) is 2. The number of pyridine rings is 1. The molecule has 0 aliphatic carbocycles. The molecule has 2 atom stereocenters. The van der Waals surface area contributed by atoms with Crippen LogP contribution in [0.25, 0.3) is 0 Å². The third kappa shape index (κ3) is 6.07. The largest absolute Gasteiger partial charge is 0.419 e. The molecule has 3 aromatic rings. The molecule has 2 unspecified atom stereocenters. The molecule has 0 spiro atoms. The van der Waals surface area contributed by atoms with E-state index in [1.807, 2.05) is 13.8 Å². The van der Waals surface area contributed by atoms with Crippen LogP contribution in [0.2, 0.25) is 5.15 Å². The number of anilines is 1. The van der Waals surface area contributed by atoms with Crippen molar-refractivity contribution in [3.63, 3.8) is 0 Å². The number of piperazine rings is 1. The zero-order valence-electron chi connectivity index (χ0n) is 22.0. The minimum absolute atomic E-state index is 0.0342. The maximum atomic E-state index is 14.4. The summed E-state index contributed by atoms with van der Waals surface area (Å²) in [6.45, 7) is 5.09. The number of benzene rings is 2. The number of hydrogen-bond donors (Lipinski definition) is 1. The molecule has 4 rings (SSSR count). The van der Waals surface area contributed by atoms with Gasteiger partial charge in [-0.2, -0.15) is 13.2 Å². The predicted molar refractivity (Wildman–Crippen MR) is 145 cm³/mol. The van der Waals surface area contributed by atoms with Crippen LogP contribution in [0.15, 0.2) is 60.7 Å². The second-order valence-electron chi connectivity index (χ2n) is 10.1. The number of nitrogens with one attached hydrogen (secondary N) is 1. The molecule has 0 amide bonds. The molecule has 0 saturated carbocycles. The molecule has 1 aromatic heterocycles. The van der Waals surface area contributed by atoms with Crippen LogP contribution in [0, 0.1) is 11.6 Å². The van der Waals surface area contributed by atoms with E-state index in [2.05, 4.69) is 10.3 Å². The third-order valence-corrected chi connectivity index (χ3v) is 7.94. The summed E-state index contributed by atoms with van der Waals surface area (Å²) in [5, 5.41) is 3.42. The van der Waals surface area contributed by atoms with Gasteiger partial charge in [0.1, 0.15) is 22.6 Å². The first-order valence-corrected chi connectivity index (χ1v) is 13.7. The summed E-state index contributed by atoms with van der Waals surface area (Å²) < 4.78 is 71.3. The average Bonchev–Trinajstić information content (AvgIpc) is 2.91. The third-order valence-electron chi connectivity index (χ3n) is 7.73. The van der Waals surface area contributed by atoms with E-state index in [9.17, 15) is 22.0 Å². The summed E-state index contributed by atoms with van der Waals surface area (Å²) in [4.78, 5) is 6.07. The first-order valence-electron chi connectivity index (χ1n) is 13.3. The van der Waals surface area contributed by atoms with E-state index in [-0.39, 0.29) is 41.0 Å². The van der Waals surface area contributed by atoms with Crippen molar-refractivity contribution in [2.24, 2.45) is 0 Å². The fraction of sp³-hybridized carbons (Fsp3) is 0.433. The predicted octanol–water partition coefficient (Wildman–Crippen LogP) is 8.35. The van der Waals surface area contributed by atoms with Crippen molar-refractivity contribution in [1.29, 1.82) is 0 Å². The van der Waals surface area contributed by atoms with Gasteiger partial charge in [-0.1, -0.05) is 62.6 Å². The molecule has 1 saturated heterocycles. The summed E-state index contributed by atoms with van der Waals surface area (Å²) >= 11 is 6.23. The lowest BCUT2D eigenvalue weighted by atomic mass is 9.63. The van der Waals surface area contributed by atoms with Crippen molar-refractivity contribution < 1.29 is 22.0 Å². The van der Waals surface area contributed by atoms with Crippen LogP contribution in [0.3, 0.4) is 0 Å². The Morgan fingerprint density at radius 2 is 1.38 bits per heavy atom. The fourth-order valence-electron chi connectivity index (χ4n) is 6.18. The van der Waals surface area contributed by atoms with Crippen LogP contribution in [0.4, 0.5) is 27.8 Å². The Morgan fingerprint density at radius 1 is 0.872 bits per heavy atom. The van der Waals surface area contributed by atoms with Crippen LogP contribution < -0.4 is 10.2 Å². The van der Waals surface area contributed by atoms with Crippen LogP contribution >= 0.6 is 11.6 Å². The molecule has 39 heavy (non-hydrogen) atoms. The smallest absolute Gasteiger partial charge is 0.347 e. The highest BCUT2D eigenvalue weighted by atomic mass is 35.5. The van der Waals surface area contributed by atoms with E-state index in [4.69, 9.17) is 11.6 Å². The Hall–Kier alpha value is -2.71. The first kappa shape index (κ1) is 29.3. The van der Waals surface area contributed by atoms with Crippen LogP contribution in [-0.4, -0.2) is 30.2 Å². The second kappa shape index (κ2) is 12.2. The van der Waals surface area contributed by atoms with Crippen molar-refractivity contribution in [3.05, 3.63) is 94.1 Å². The lowest BCUT2D eigenvalue weighted by molar-refractivity contribution is -0.137. The van der Waals surface area contributed by atoms with Gasteiger partial charge in [0.2, 0.25) is 0 Å². The maximum Gasteiger partial charge on any atom is 0.419 e. The fourth-order valence-corrected chi connectivity index (χ4v) is 6.32. The summed E-state index contributed by atoms with van der Waals surface area (Å²) in [6.07, 6.45) is -1.90. The van der Waals surface area contributed by atoms with E-state index in [0.717, 1.165) is 36.1 Å². The molecular weight excluding hydrogens is 533 g/mol. The highest BCUT2D eigenvalue weighted by molar-refractivity contribution is 6.29. The monoisotopic (exact) mass is 565 g/mol. The molecule has 2 heterocycles. The highest BCUT2D eigenvalue weighted by Crippen LogP contribution is 2.52. The number of hydrogen-bond acceptors (Lipinski definition) is 3. The summed E-state index contributed by atoms with van der Waals surface area (Å²) in [6, 6.07) is 14.6. The van der Waals surface area contributed by atoms with Crippen LogP contribution in [0.5, 0.6) is 0 Å². The zero-order chi connectivity index (χ0) is 28.2.